The van der Waals surface area contributed by atoms with E-state index in [1.54, 1.807) is 6.92 Å². The predicted octanol–water partition coefficient (Wildman–Crippen LogP) is 5.65. The first-order valence-electron chi connectivity index (χ1n) is 8.14. The number of hydrogen-bond donors (Lipinski definition) is 1. The molecule has 0 aliphatic heterocycles. The molecule has 1 unspecified atom stereocenters. The van der Waals surface area contributed by atoms with E-state index in [1.165, 1.54) is 18.2 Å². The topological polar surface area (TPSA) is 79.5 Å². The third-order valence-corrected chi connectivity index (χ3v) is 3.95. The molecule has 0 bridgehead atoms. The van der Waals surface area contributed by atoms with Crippen LogP contribution in [0.4, 0.5) is 13.2 Å². The van der Waals surface area contributed by atoms with Crippen LogP contribution in [0.1, 0.15) is 30.9 Å². The highest BCUT2D eigenvalue weighted by atomic mass is 35.5. The van der Waals surface area contributed by atoms with Crippen LogP contribution in [0, 0.1) is 11.3 Å². The van der Waals surface area contributed by atoms with E-state index in [4.69, 9.17) is 21.1 Å². The lowest BCUT2D eigenvalue weighted by Crippen LogP contribution is -2.27. The Morgan fingerprint density at radius 2 is 1.96 bits per heavy atom. The lowest BCUT2D eigenvalue weighted by molar-refractivity contribution is -0.145. The van der Waals surface area contributed by atoms with E-state index in [0.717, 1.165) is 18.2 Å². The van der Waals surface area contributed by atoms with Crippen LogP contribution in [0.25, 0.3) is 0 Å². The van der Waals surface area contributed by atoms with Gasteiger partial charge in [-0.3, -0.25) is 0 Å². The van der Waals surface area contributed by atoms with Crippen molar-refractivity contribution in [1.82, 2.24) is 0 Å². The van der Waals surface area contributed by atoms with Crippen molar-refractivity contribution in [2.75, 3.05) is 0 Å². The van der Waals surface area contributed by atoms with E-state index in [0.29, 0.717) is 6.42 Å². The second-order valence-electron chi connectivity index (χ2n) is 5.75. The van der Waals surface area contributed by atoms with Crippen LogP contribution in [-0.2, 0) is 11.0 Å². The van der Waals surface area contributed by atoms with Crippen LogP contribution >= 0.6 is 11.6 Å². The number of hydrogen-bond acceptors (Lipinski definition) is 4. The van der Waals surface area contributed by atoms with Gasteiger partial charge in [-0.2, -0.15) is 18.4 Å². The van der Waals surface area contributed by atoms with Gasteiger partial charge in [0.25, 0.3) is 0 Å². The number of benzene rings is 2. The number of carbonyl (C=O) groups is 1. The number of carboxylic acid groups (broad SMARTS) is 1. The van der Waals surface area contributed by atoms with Crippen molar-refractivity contribution in [3.8, 4) is 23.3 Å². The van der Waals surface area contributed by atoms with Gasteiger partial charge in [0.1, 0.15) is 23.3 Å². The predicted molar refractivity (Wildman–Crippen MR) is 94.6 cm³/mol. The molecular formula is C19H15ClF3NO4. The first-order valence-corrected chi connectivity index (χ1v) is 8.51. The quantitative estimate of drug-likeness (QED) is 0.634. The number of nitriles is 1. The summed E-state index contributed by atoms with van der Waals surface area (Å²) in [7, 11) is 0. The molecule has 0 aliphatic carbocycles. The third kappa shape index (κ3) is 5.30. The van der Waals surface area contributed by atoms with Gasteiger partial charge in [-0.05, 0) is 36.8 Å². The molecule has 0 aliphatic rings. The minimum atomic E-state index is -4.54. The SMILES string of the molecule is CCCC(Oc1cc(Oc2ccc(C(F)(F)F)cc2Cl)ccc1C#N)C(=O)O. The first kappa shape index (κ1) is 21.4. The van der Waals surface area contributed by atoms with Gasteiger partial charge in [0.05, 0.1) is 16.1 Å². The summed E-state index contributed by atoms with van der Waals surface area (Å²) in [4.78, 5) is 11.3. The molecule has 2 rings (SSSR count). The fourth-order valence-corrected chi connectivity index (χ4v) is 2.51. The Balaban J connectivity index is 2.30. The second-order valence-corrected chi connectivity index (χ2v) is 6.16. The number of alkyl halides is 3. The summed E-state index contributed by atoms with van der Waals surface area (Å²) < 4.78 is 49.1. The highest BCUT2D eigenvalue weighted by molar-refractivity contribution is 6.32. The van der Waals surface area contributed by atoms with Crippen LogP contribution in [-0.4, -0.2) is 17.2 Å². The molecule has 5 nitrogen and oxygen atoms in total. The number of nitrogens with zero attached hydrogens (tertiary/aromatic N) is 1. The smallest absolute Gasteiger partial charge is 0.416 e. The molecule has 0 saturated heterocycles. The highest BCUT2D eigenvalue weighted by Gasteiger charge is 2.31. The van der Waals surface area contributed by atoms with Crippen LogP contribution in [0.2, 0.25) is 5.02 Å². The van der Waals surface area contributed by atoms with E-state index >= 15 is 0 Å². The summed E-state index contributed by atoms with van der Waals surface area (Å²) in [6.07, 6.45) is -4.91. The molecule has 9 heteroatoms. The summed E-state index contributed by atoms with van der Waals surface area (Å²) in [5.41, 5.74) is -0.828. The fourth-order valence-electron chi connectivity index (χ4n) is 2.29. The van der Waals surface area contributed by atoms with Crippen molar-refractivity contribution >= 4 is 17.6 Å². The van der Waals surface area contributed by atoms with Crippen LogP contribution in [0.3, 0.4) is 0 Å². The Bertz CT molecular complexity index is 909. The molecule has 0 spiro atoms. The van der Waals surface area contributed by atoms with E-state index in [9.17, 15) is 28.3 Å². The molecular weight excluding hydrogens is 399 g/mol. The molecule has 28 heavy (non-hydrogen) atoms. The molecule has 1 atom stereocenters. The maximum atomic E-state index is 12.7. The molecule has 2 aromatic carbocycles. The Labute approximate surface area is 163 Å². The number of rotatable bonds is 7. The number of aliphatic carboxylic acids is 1. The van der Waals surface area contributed by atoms with Gasteiger partial charge in [0.15, 0.2) is 6.10 Å². The van der Waals surface area contributed by atoms with E-state index in [1.807, 2.05) is 6.07 Å². The molecule has 0 aromatic heterocycles. The molecule has 0 heterocycles. The van der Waals surface area contributed by atoms with Gasteiger partial charge in [0, 0.05) is 6.07 Å². The van der Waals surface area contributed by atoms with Crippen molar-refractivity contribution < 1.29 is 32.5 Å². The molecule has 148 valence electrons. The minimum absolute atomic E-state index is 0.0103. The Morgan fingerprint density at radius 1 is 1.25 bits per heavy atom. The van der Waals surface area contributed by atoms with Crippen LogP contribution in [0.15, 0.2) is 36.4 Å². The standard InChI is InChI=1S/C19H15ClF3NO4/c1-2-3-16(18(25)26)28-17-9-13(6-4-11(17)10-24)27-15-7-5-12(8-14(15)20)19(21,22)23/h4-9,16H,2-3H2,1H3,(H,25,26). The van der Waals surface area contributed by atoms with E-state index < -0.39 is 23.8 Å². The molecule has 0 amide bonds. The summed E-state index contributed by atoms with van der Waals surface area (Å²) >= 11 is 5.86. The Kier molecular flexibility index (Phi) is 6.75. The normalized spacial score (nSPS) is 12.1. The van der Waals surface area contributed by atoms with Crippen LogP contribution < -0.4 is 9.47 Å². The zero-order valence-electron chi connectivity index (χ0n) is 14.6. The average Bonchev–Trinajstić information content (AvgIpc) is 2.62. The van der Waals surface area contributed by atoms with Gasteiger partial charge in [0.2, 0.25) is 0 Å². The van der Waals surface area contributed by atoms with E-state index in [2.05, 4.69) is 0 Å². The minimum Gasteiger partial charge on any atom is -0.479 e. The summed E-state index contributed by atoms with van der Waals surface area (Å²) in [5.74, 6) is -1.10. The maximum Gasteiger partial charge on any atom is 0.416 e. The van der Waals surface area contributed by atoms with Gasteiger partial charge >= 0.3 is 12.1 Å². The lowest BCUT2D eigenvalue weighted by atomic mass is 10.1. The van der Waals surface area contributed by atoms with Gasteiger partial charge in [-0.15, -0.1) is 0 Å². The van der Waals surface area contributed by atoms with Gasteiger partial charge in [-0.1, -0.05) is 24.9 Å². The third-order valence-electron chi connectivity index (χ3n) is 3.66. The number of ether oxygens (including phenoxy) is 2. The highest BCUT2D eigenvalue weighted by Crippen LogP contribution is 2.37. The van der Waals surface area contributed by atoms with Crippen molar-refractivity contribution in [3.05, 3.63) is 52.5 Å². The molecule has 2 aromatic rings. The molecule has 0 fully saturated rings. The summed E-state index contributed by atoms with van der Waals surface area (Å²) in [6, 6.07) is 8.56. The molecule has 1 N–H and O–H groups in total. The maximum absolute atomic E-state index is 12.7. The van der Waals surface area contributed by atoms with Gasteiger partial charge < -0.3 is 14.6 Å². The second kappa shape index (κ2) is 8.85. The Morgan fingerprint density at radius 3 is 2.50 bits per heavy atom. The zero-order chi connectivity index (χ0) is 20.9. The Hall–Kier alpha value is -2.92. The monoisotopic (exact) mass is 413 g/mol. The summed E-state index contributed by atoms with van der Waals surface area (Å²) in [5, 5.41) is 18.1. The van der Waals surface area contributed by atoms with Crippen molar-refractivity contribution in [1.29, 1.82) is 5.26 Å². The lowest BCUT2D eigenvalue weighted by Gasteiger charge is -2.16. The average molecular weight is 414 g/mol. The van der Waals surface area contributed by atoms with Crippen molar-refractivity contribution in [2.45, 2.75) is 32.0 Å². The fraction of sp³-hybridized carbons (Fsp3) is 0.263. The van der Waals surface area contributed by atoms with E-state index in [-0.39, 0.29) is 34.3 Å². The summed E-state index contributed by atoms with van der Waals surface area (Å²) in [6.45, 7) is 1.79. The largest absolute Gasteiger partial charge is 0.479 e. The van der Waals surface area contributed by atoms with Gasteiger partial charge in [-0.25, -0.2) is 4.79 Å². The van der Waals surface area contributed by atoms with Crippen molar-refractivity contribution in [2.24, 2.45) is 0 Å². The number of halogens is 4. The number of carboxylic acids is 1. The molecule has 0 radical (unpaired) electrons. The van der Waals surface area contributed by atoms with Crippen molar-refractivity contribution in [3.63, 3.8) is 0 Å². The molecule has 0 saturated carbocycles. The zero-order valence-corrected chi connectivity index (χ0v) is 15.3. The first-order chi connectivity index (χ1) is 13.2. The van der Waals surface area contributed by atoms with Crippen LogP contribution in [0.5, 0.6) is 17.2 Å².